The first kappa shape index (κ1) is 23.5. The number of pyridine rings is 1. The lowest BCUT2D eigenvalue weighted by Gasteiger charge is -2.27. The maximum atomic E-state index is 11.4. The molecule has 5 rings (SSSR count). The largest absolute Gasteiger partial charge is 0.381 e. The van der Waals surface area contributed by atoms with Gasteiger partial charge in [-0.25, -0.2) is 9.20 Å². The summed E-state index contributed by atoms with van der Waals surface area (Å²) >= 11 is 0. The van der Waals surface area contributed by atoms with Crippen LogP contribution < -0.4 is 10.6 Å². The second-order valence-electron chi connectivity index (χ2n) is 9.63. The van der Waals surface area contributed by atoms with Crippen molar-refractivity contribution in [1.82, 2.24) is 34.9 Å². The highest BCUT2D eigenvalue weighted by Crippen LogP contribution is 2.33. The van der Waals surface area contributed by atoms with Crippen molar-refractivity contribution in [2.45, 2.75) is 64.5 Å². The second-order valence-corrected chi connectivity index (χ2v) is 9.63. The van der Waals surface area contributed by atoms with Crippen molar-refractivity contribution in [2.24, 2.45) is 0 Å². The average molecular weight is 484 g/mol. The Hall–Kier alpha value is -4.26. The van der Waals surface area contributed by atoms with Crippen molar-refractivity contribution in [1.29, 1.82) is 5.26 Å². The van der Waals surface area contributed by atoms with Gasteiger partial charge in [-0.15, -0.1) is 5.10 Å². The Labute approximate surface area is 209 Å². The first-order valence-corrected chi connectivity index (χ1v) is 12.3. The van der Waals surface area contributed by atoms with E-state index >= 15 is 0 Å². The number of hydrogen-bond donors (Lipinski definition) is 2. The van der Waals surface area contributed by atoms with Gasteiger partial charge in [-0.05, 0) is 63.8 Å². The lowest BCUT2D eigenvalue weighted by atomic mass is 9.84. The Balaban J connectivity index is 1.42. The van der Waals surface area contributed by atoms with Crippen molar-refractivity contribution in [3.8, 4) is 23.1 Å². The Morgan fingerprint density at radius 2 is 1.97 bits per heavy atom. The van der Waals surface area contributed by atoms with E-state index in [2.05, 4.69) is 46.0 Å². The monoisotopic (exact) mass is 483 g/mol. The lowest BCUT2D eigenvalue weighted by Crippen LogP contribution is -2.35. The number of nitriles is 1. The molecule has 0 bridgehead atoms. The van der Waals surface area contributed by atoms with E-state index in [4.69, 9.17) is 10.2 Å². The maximum absolute atomic E-state index is 11.4. The van der Waals surface area contributed by atoms with Crippen LogP contribution in [0.1, 0.15) is 63.6 Å². The van der Waals surface area contributed by atoms with E-state index in [1.807, 2.05) is 24.4 Å². The quantitative estimate of drug-likeness (QED) is 0.427. The van der Waals surface area contributed by atoms with Crippen LogP contribution in [-0.4, -0.2) is 47.6 Å². The highest BCUT2D eigenvalue weighted by Gasteiger charge is 2.25. The molecule has 0 atom stereocenters. The van der Waals surface area contributed by atoms with Crippen molar-refractivity contribution < 1.29 is 4.79 Å². The first-order chi connectivity index (χ1) is 17.4. The molecule has 36 heavy (non-hydrogen) atoms. The van der Waals surface area contributed by atoms with Gasteiger partial charge in [-0.2, -0.15) is 10.4 Å². The van der Waals surface area contributed by atoms with Gasteiger partial charge in [-0.1, -0.05) is 5.21 Å². The van der Waals surface area contributed by atoms with E-state index in [0.29, 0.717) is 11.5 Å². The van der Waals surface area contributed by atoms with Gasteiger partial charge in [0.25, 0.3) is 0 Å². The summed E-state index contributed by atoms with van der Waals surface area (Å²) in [5.41, 5.74) is 5.62. The predicted molar refractivity (Wildman–Crippen MR) is 136 cm³/mol. The van der Waals surface area contributed by atoms with Gasteiger partial charge in [-0.3, -0.25) is 9.78 Å². The molecule has 0 spiro atoms. The Bertz CT molecular complexity index is 1440. The molecule has 0 aromatic carbocycles. The van der Waals surface area contributed by atoms with Gasteiger partial charge in [0.1, 0.15) is 11.8 Å². The normalized spacial score (nSPS) is 17.8. The minimum atomic E-state index is 0.0290. The van der Waals surface area contributed by atoms with Gasteiger partial charge in [0.15, 0.2) is 0 Å². The van der Waals surface area contributed by atoms with Gasteiger partial charge in [0.05, 0.1) is 52.4 Å². The average Bonchev–Trinajstić information content (AvgIpc) is 3.51. The zero-order valence-corrected chi connectivity index (χ0v) is 20.6. The molecule has 184 valence electrons. The number of nitrogens with zero attached hydrogens (tertiary/aromatic N) is 7. The van der Waals surface area contributed by atoms with Gasteiger partial charge in [0.2, 0.25) is 5.91 Å². The number of fused-ring (bicyclic) bond motifs is 1. The molecular weight excluding hydrogens is 454 g/mol. The SMILES string of the molecule is CC(=O)N[C@H]1CC[C@H](c2cn(-c3cnc(-c4ccc5cc(C#N)cnn45)cc3NC(C)C)nn2)CC1. The van der Waals surface area contributed by atoms with Crippen LogP contribution in [0.2, 0.25) is 0 Å². The molecule has 0 saturated heterocycles. The molecule has 1 aliphatic carbocycles. The van der Waals surface area contributed by atoms with Crippen LogP contribution in [0, 0.1) is 11.3 Å². The first-order valence-electron chi connectivity index (χ1n) is 12.3. The molecule has 1 amide bonds. The van der Waals surface area contributed by atoms with Crippen LogP contribution in [0.3, 0.4) is 0 Å². The fourth-order valence-electron chi connectivity index (χ4n) is 4.85. The molecule has 10 heteroatoms. The van der Waals surface area contributed by atoms with Gasteiger partial charge in [0, 0.05) is 24.9 Å². The topological polar surface area (TPSA) is 126 Å². The van der Waals surface area contributed by atoms with Gasteiger partial charge >= 0.3 is 0 Å². The van der Waals surface area contributed by atoms with Crippen LogP contribution in [-0.2, 0) is 4.79 Å². The van der Waals surface area contributed by atoms with Gasteiger partial charge < -0.3 is 10.6 Å². The minimum absolute atomic E-state index is 0.0290. The lowest BCUT2D eigenvalue weighted by molar-refractivity contribution is -0.119. The molecular formula is C26H29N9O. The number of amides is 1. The fourth-order valence-corrected chi connectivity index (χ4v) is 4.85. The molecule has 1 aliphatic rings. The standard InChI is InChI=1S/C26H29N9O/c1-16(2)30-23-11-22(25-9-8-21-10-18(12-27)13-29-35(21)25)28-14-26(23)34-15-24(32-33-34)19-4-6-20(7-5-19)31-17(3)36/h8-11,13-16,19-20H,4-7H2,1-3H3,(H,28,30)(H,31,36)/t19-,20-. The number of aromatic nitrogens is 6. The summed E-state index contributed by atoms with van der Waals surface area (Å²) in [6, 6.07) is 10.3. The number of rotatable bonds is 6. The third-order valence-electron chi connectivity index (χ3n) is 6.53. The van der Waals surface area contributed by atoms with Crippen LogP contribution in [0.15, 0.2) is 42.9 Å². The molecule has 1 fully saturated rings. The van der Waals surface area contributed by atoms with Crippen molar-refractivity contribution in [3.63, 3.8) is 0 Å². The second kappa shape index (κ2) is 9.77. The predicted octanol–water partition coefficient (Wildman–Crippen LogP) is 3.83. The number of anilines is 1. The van der Waals surface area contributed by atoms with Crippen LogP contribution in [0.25, 0.3) is 22.6 Å². The molecule has 4 heterocycles. The molecule has 10 nitrogen and oxygen atoms in total. The number of nitrogens with one attached hydrogen (secondary N) is 2. The van der Waals surface area contributed by atoms with E-state index in [9.17, 15) is 4.79 Å². The summed E-state index contributed by atoms with van der Waals surface area (Å²) in [5, 5.41) is 29.0. The van der Waals surface area contributed by atoms with E-state index < -0.39 is 0 Å². The maximum Gasteiger partial charge on any atom is 0.217 e. The highest BCUT2D eigenvalue weighted by atomic mass is 16.1. The fraction of sp³-hybridized carbons (Fsp3) is 0.385. The van der Waals surface area contributed by atoms with E-state index in [0.717, 1.165) is 59.7 Å². The summed E-state index contributed by atoms with van der Waals surface area (Å²) in [4.78, 5) is 16.1. The summed E-state index contributed by atoms with van der Waals surface area (Å²) in [6.45, 7) is 5.74. The smallest absolute Gasteiger partial charge is 0.217 e. The molecule has 4 aromatic rings. The molecule has 0 aliphatic heterocycles. The molecule has 1 saturated carbocycles. The minimum Gasteiger partial charge on any atom is -0.381 e. The van der Waals surface area contributed by atoms with E-state index in [-0.39, 0.29) is 18.0 Å². The zero-order chi connectivity index (χ0) is 25.2. The summed E-state index contributed by atoms with van der Waals surface area (Å²) in [6.07, 6.45) is 9.18. The van der Waals surface area contributed by atoms with Crippen LogP contribution >= 0.6 is 0 Å². The third kappa shape index (κ3) is 4.77. The molecule has 2 N–H and O–H groups in total. The highest BCUT2D eigenvalue weighted by molar-refractivity contribution is 5.73. The molecule has 0 radical (unpaired) electrons. The van der Waals surface area contributed by atoms with Crippen molar-refractivity contribution in [2.75, 3.05) is 5.32 Å². The Morgan fingerprint density at radius 3 is 2.69 bits per heavy atom. The number of hydrogen-bond acceptors (Lipinski definition) is 7. The summed E-state index contributed by atoms with van der Waals surface area (Å²) < 4.78 is 3.57. The van der Waals surface area contributed by atoms with Crippen LogP contribution in [0.5, 0.6) is 0 Å². The number of carbonyl (C=O) groups is 1. The van der Waals surface area contributed by atoms with E-state index in [1.165, 1.54) is 0 Å². The third-order valence-corrected chi connectivity index (χ3v) is 6.53. The Morgan fingerprint density at radius 1 is 1.17 bits per heavy atom. The number of carbonyl (C=O) groups excluding carboxylic acids is 1. The van der Waals surface area contributed by atoms with Crippen molar-refractivity contribution in [3.05, 3.63) is 54.1 Å². The van der Waals surface area contributed by atoms with Crippen molar-refractivity contribution >= 4 is 17.1 Å². The van der Waals surface area contributed by atoms with E-state index in [1.54, 1.807) is 34.6 Å². The van der Waals surface area contributed by atoms with Crippen LogP contribution in [0.4, 0.5) is 5.69 Å². The summed E-state index contributed by atoms with van der Waals surface area (Å²) in [5.74, 6) is 0.357. The molecule has 0 unspecified atom stereocenters. The Kier molecular flexibility index (Phi) is 6.38. The zero-order valence-electron chi connectivity index (χ0n) is 20.6. The molecule has 4 aromatic heterocycles. The summed E-state index contributed by atoms with van der Waals surface area (Å²) in [7, 11) is 0.